The molecule has 2 amide bonds. The largest absolute Gasteiger partial charge is 0.359 e. The second-order valence-electron chi connectivity index (χ2n) is 3.86. The van der Waals surface area contributed by atoms with Crippen molar-refractivity contribution in [2.24, 2.45) is 0 Å². The van der Waals surface area contributed by atoms with Gasteiger partial charge in [-0.05, 0) is 12.8 Å². The average molecular weight is 270 g/mol. The van der Waals surface area contributed by atoms with Gasteiger partial charge in [0, 0.05) is 27.1 Å². The van der Waals surface area contributed by atoms with Crippen LogP contribution in [-0.4, -0.2) is 47.6 Å². The molecule has 100 valence electrons. The van der Waals surface area contributed by atoms with Gasteiger partial charge < -0.3 is 10.2 Å². The highest BCUT2D eigenvalue weighted by atomic mass is 32.1. The minimum atomic E-state index is -0.135. The molecule has 0 fully saturated rings. The molecule has 7 heteroatoms. The third kappa shape index (κ3) is 4.06. The van der Waals surface area contributed by atoms with E-state index in [1.165, 1.54) is 11.3 Å². The highest BCUT2D eigenvalue weighted by molar-refractivity contribution is 7.13. The van der Waals surface area contributed by atoms with Crippen molar-refractivity contribution in [3.05, 3.63) is 10.0 Å². The Kier molecular flexibility index (Phi) is 5.70. The monoisotopic (exact) mass is 270 g/mol. The lowest BCUT2D eigenvalue weighted by Gasteiger charge is -2.14. The first-order valence-corrected chi connectivity index (χ1v) is 6.68. The van der Waals surface area contributed by atoms with Crippen LogP contribution < -0.4 is 5.32 Å². The predicted molar refractivity (Wildman–Crippen MR) is 69.5 cm³/mol. The predicted octanol–water partition coefficient (Wildman–Crippen LogP) is 0.699. The fourth-order valence-corrected chi connectivity index (χ4v) is 2.12. The van der Waals surface area contributed by atoms with Gasteiger partial charge in [-0.1, -0.05) is 18.3 Å². The summed E-state index contributed by atoms with van der Waals surface area (Å²) in [5, 5.41) is 11.6. The molecule has 0 atom stereocenters. The summed E-state index contributed by atoms with van der Waals surface area (Å²) in [7, 11) is 3.31. The molecule has 1 aromatic heterocycles. The smallest absolute Gasteiger partial charge is 0.284 e. The minimum absolute atomic E-state index is 0.0139. The number of nitrogens with zero attached hydrogens (tertiary/aromatic N) is 3. The van der Waals surface area contributed by atoms with E-state index in [4.69, 9.17) is 0 Å². The van der Waals surface area contributed by atoms with Crippen molar-refractivity contribution < 1.29 is 9.59 Å². The zero-order valence-electron chi connectivity index (χ0n) is 10.9. The van der Waals surface area contributed by atoms with Crippen molar-refractivity contribution >= 4 is 23.2 Å². The number of hydrogen-bond donors (Lipinski definition) is 1. The van der Waals surface area contributed by atoms with Gasteiger partial charge in [-0.3, -0.25) is 9.59 Å². The lowest BCUT2D eigenvalue weighted by molar-refractivity contribution is -0.120. The van der Waals surface area contributed by atoms with Gasteiger partial charge in [-0.2, -0.15) is 0 Å². The Balaban J connectivity index is 2.43. The van der Waals surface area contributed by atoms with Crippen LogP contribution in [0.4, 0.5) is 0 Å². The van der Waals surface area contributed by atoms with E-state index in [1.807, 2.05) is 6.92 Å². The molecular formula is C11H18N4O2S. The molecule has 0 saturated carbocycles. The zero-order valence-corrected chi connectivity index (χ0v) is 11.7. The van der Waals surface area contributed by atoms with E-state index in [9.17, 15) is 9.59 Å². The number of nitrogens with one attached hydrogen (secondary N) is 1. The van der Waals surface area contributed by atoms with E-state index in [1.54, 1.807) is 19.0 Å². The van der Waals surface area contributed by atoms with Gasteiger partial charge >= 0.3 is 0 Å². The van der Waals surface area contributed by atoms with Crippen LogP contribution in [0.15, 0.2) is 0 Å². The number of rotatable bonds is 6. The minimum Gasteiger partial charge on any atom is -0.359 e. The number of aromatic nitrogens is 2. The van der Waals surface area contributed by atoms with Crippen molar-refractivity contribution in [3.63, 3.8) is 0 Å². The second kappa shape index (κ2) is 7.05. The molecule has 0 spiro atoms. The molecule has 0 radical (unpaired) electrons. The Hall–Kier alpha value is -1.50. The van der Waals surface area contributed by atoms with Gasteiger partial charge in [0.15, 0.2) is 0 Å². The van der Waals surface area contributed by atoms with E-state index in [0.29, 0.717) is 24.4 Å². The Morgan fingerprint density at radius 1 is 1.39 bits per heavy atom. The molecule has 1 heterocycles. The van der Waals surface area contributed by atoms with E-state index in [2.05, 4.69) is 15.5 Å². The fraction of sp³-hybridized carbons (Fsp3) is 0.636. The summed E-state index contributed by atoms with van der Waals surface area (Å²) in [4.78, 5) is 24.6. The molecule has 18 heavy (non-hydrogen) atoms. The van der Waals surface area contributed by atoms with E-state index in [-0.39, 0.29) is 11.8 Å². The molecule has 0 aromatic carbocycles. The highest BCUT2D eigenvalue weighted by Gasteiger charge is 2.16. The van der Waals surface area contributed by atoms with E-state index >= 15 is 0 Å². The fourth-order valence-electron chi connectivity index (χ4n) is 1.35. The number of aryl methyl sites for hydroxylation is 1. The molecule has 0 aliphatic carbocycles. The van der Waals surface area contributed by atoms with Gasteiger partial charge in [0.2, 0.25) is 10.9 Å². The summed E-state index contributed by atoms with van der Waals surface area (Å²) >= 11 is 1.32. The van der Waals surface area contributed by atoms with Crippen molar-refractivity contribution in [1.82, 2.24) is 20.4 Å². The van der Waals surface area contributed by atoms with Gasteiger partial charge in [0.05, 0.1) is 0 Å². The van der Waals surface area contributed by atoms with Gasteiger partial charge in [-0.15, -0.1) is 10.2 Å². The van der Waals surface area contributed by atoms with Crippen LogP contribution in [-0.2, 0) is 11.2 Å². The van der Waals surface area contributed by atoms with Crippen LogP contribution in [0.3, 0.4) is 0 Å². The van der Waals surface area contributed by atoms with Crippen molar-refractivity contribution in [1.29, 1.82) is 0 Å². The van der Waals surface area contributed by atoms with Crippen molar-refractivity contribution in [2.75, 3.05) is 20.6 Å². The SMILES string of the molecule is CCc1nnc(C(=O)N(C)CCCC(=O)NC)s1. The Labute approximate surface area is 110 Å². The Morgan fingerprint density at radius 3 is 2.67 bits per heavy atom. The first kappa shape index (κ1) is 14.6. The van der Waals surface area contributed by atoms with Crippen LogP contribution in [0.1, 0.15) is 34.6 Å². The quantitative estimate of drug-likeness (QED) is 0.825. The van der Waals surface area contributed by atoms with E-state index < -0.39 is 0 Å². The highest BCUT2D eigenvalue weighted by Crippen LogP contribution is 2.12. The lowest BCUT2D eigenvalue weighted by atomic mass is 10.3. The van der Waals surface area contributed by atoms with Crippen LogP contribution >= 0.6 is 11.3 Å². The molecule has 6 nitrogen and oxygen atoms in total. The van der Waals surface area contributed by atoms with Gasteiger partial charge in [0.25, 0.3) is 5.91 Å². The first-order chi connectivity index (χ1) is 8.58. The molecule has 0 bridgehead atoms. The second-order valence-corrected chi connectivity index (χ2v) is 4.92. The van der Waals surface area contributed by atoms with Crippen molar-refractivity contribution in [3.8, 4) is 0 Å². The standard InChI is InChI=1S/C11H18N4O2S/c1-4-9-13-14-10(18-9)11(17)15(3)7-5-6-8(16)12-2/h4-7H2,1-3H3,(H,12,16). The molecule has 0 saturated heterocycles. The lowest BCUT2D eigenvalue weighted by Crippen LogP contribution is -2.28. The van der Waals surface area contributed by atoms with Gasteiger partial charge in [-0.25, -0.2) is 0 Å². The van der Waals surface area contributed by atoms with Gasteiger partial charge in [0.1, 0.15) is 5.01 Å². The van der Waals surface area contributed by atoms with E-state index in [0.717, 1.165) is 11.4 Å². The van der Waals surface area contributed by atoms with Crippen LogP contribution in [0.2, 0.25) is 0 Å². The zero-order chi connectivity index (χ0) is 13.5. The number of carbonyl (C=O) groups is 2. The molecule has 1 aromatic rings. The molecule has 1 rings (SSSR count). The topological polar surface area (TPSA) is 75.2 Å². The Bertz CT molecular complexity index is 419. The summed E-state index contributed by atoms with van der Waals surface area (Å²) in [5.41, 5.74) is 0. The summed E-state index contributed by atoms with van der Waals surface area (Å²) < 4.78 is 0. The molecule has 0 aliphatic heterocycles. The summed E-state index contributed by atoms with van der Waals surface area (Å²) in [6.07, 6.45) is 1.84. The van der Waals surface area contributed by atoms with Crippen molar-refractivity contribution in [2.45, 2.75) is 26.2 Å². The number of amides is 2. The van der Waals surface area contributed by atoms with Crippen LogP contribution in [0, 0.1) is 0 Å². The average Bonchev–Trinajstić information content (AvgIpc) is 2.86. The molecule has 1 N–H and O–H groups in total. The maximum atomic E-state index is 12.0. The van der Waals surface area contributed by atoms with Crippen LogP contribution in [0.25, 0.3) is 0 Å². The summed E-state index contributed by atoms with van der Waals surface area (Å²) in [6, 6.07) is 0. The maximum Gasteiger partial charge on any atom is 0.284 e. The summed E-state index contributed by atoms with van der Waals surface area (Å²) in [6.45, 7) is 2.51. The third-order valence-electron chi connectivity index (χ3n) is 2.48. The normalized spacial score (nSPS) is 10.2. The Morgan fingerprint density at radius 2 is 2.11 bits per heavy atom. The maximum absolute atomic E-state index is 12.0. The van der Waals surface area contributed by atoms with Crippen LogP contribution in [0.5, 0.6) is 0 Å². The molecule has 0 aliphatic rings. The third-order valence-corrected chi connectivity index (χ3v) is 3.53. The molecular weight excluding hydrogens is 252 g/mol. The summed E-state index contributed by atoms with van der Waals surface area (Å²) in [5.74, 6) is -0.149. The first-order valence-electron chi connectivity index (χ1n) is 5.86. The number of carbonyl (C=O) groups excluding carboxylic acids is 2. The number of hydrogen-bond acceptors (Lipinski definition) is 5. The molecule has 0 unspecified atom stereocenters.